The van der Waals surface area contributed by atoms with Crippen molar-refractivity contribution in [3.05, 3.63) is 11.7 Å². The summed E-state index contributed by atoms with van der Waals surface area (Å²) in [5.41, 5.74) is 5.91. The van der Waals surface area contributed by atoms with Gasteiger partial charge in [-0.05, 0) is 25.0 Å². The molecule has 4 nitrogen and oxygen atoms in total. The van der Waals surface area contributed by atoms with Crippen LogP contribution in [-0.2, 0) is 0 Å². The fourth-order valence-electron chi connectivity index (χ4n) is 1.74. The van der Waals surface area contributed by atoms with Crippen LogP contribution in [0.4, 0.5) is 0 Å². The Bertz CT molecular complexity index is 309. The molecule has 1 aromatic heterocycles. The summed E-state index contributed by atoms with van der Waals surface area (Å²) in [5, 5.41) is 4.44. The van der Waals surface area contributed by atoms with Crippen molar-refractivity contribution in [2.75, 3.05) is 5.75 Å². The maximum Gasteiger partial charge on any atom is 0.243 e. The van der Waals surface area contributed by atoms with Gasteiger partial charge in [0.1, 0.15) is 0 Å². The van der Waals surface area contributed by atoms with Crippen molar-refractivity contribution in [1.82, 2.24) is 10.1 Å². The van der Waals surface area contributed by atoms with Crippen molar-refractivity contribution >= 4 is 11.8 Å². The molecule has 0 aromatic carbocycles. The van der Waals surface area contributed by atoms with Crippen molar-refractivity contribution in [2.45, 2.75) is 43.9 Å². The second kappa shape index (κ2) is 4.99. The van der Waals surface area contributed by atoms with E-state index in [2.05, 4.69) is 17.1 Å². The maximum atomic E-state index is 5.91. The summed E-state index contributed by atoms with van der Waals surface area (Å²) in [6.45, 7) is 2.10. The van der Waals surface area contributed by atoms with Crippen LogP contribution >= 0.6 is 11.8 Å². The van der Waals surface area contributed by atoms with Gasteiger partial charge in [-0.15, -0.1) is 0 Å². The topological polar surface area (TPSA) is 64.9 Å². The zero-order valence-corrected chi connectivity index (χ0v) is 9.80. The van der Waals surface area contributed by atoms with Crippen molar-refractivity contribution in [2.24, 2.45) is 5.73 Å². The number of hydrogen-bond donors (Lipinski definition) is 1. The highest BCUT2D eigenvalue weighted by Gasteiger charge is 2.24. The molecule has 5 heteroatoms. The predicted molar refractivity (Wildman–Crippen MR) is 60.6 cm³/mol. The fraction of sp³-hybridized carbons (Fsp3) is 0.800. The van der Waals surface area contributed by atoms with E-state index in [1.165, 1.54) is 12.2 Å². The van der Waals surface area contributed by atoms with Gasteiger partial charge >= 0.3 is 0 Å². The molecule has 1 aromatic rings. The van der Waals surface area contributed by atoms with Crippen LogP contribution in [-0.4, -0.2) is 15.9 Å². The molecular formula is C10H17N3OS. The lowest BCUT2D eigenvalue weighted by molar-refractivity contribution is 0.344. The van der Waals surface area contributed by atoms with Crippen molar-refractivity contribution in [3.8, 4) is 0 Å². The van der Waals surface area contributed by atoms with Gasteiger partial charge < -0.3 is 10.3 Å². The highest BCUT2D eigenvalue weighted by atomic mass is 32.2. The van der Waals surface area contributed by atoms with Crippen LogP contribution < -0.4 is 5.73 Å². The SMILES string of the molecule is CCC[C@@H](N)c1nc(C2CCCS2)no1. The van der Waals surface area contributed by atoms with Gasteiger partial charge in [-0.2, -0.15) is 16.7 Å². The van der Waals surface area contributed by atoms with Crippen LogP contribution in [0.1, 0.15) is 55.6 Å². The Labute approximate surface area is 94.0 Å². The van der Waals surface area contributed by atoms with E-state index < -0.39 is 0 Å². The Kier molecular flexibility index (Phi) is 3.64. The number of nitrogens with two attached hydrogens (primary N) is 1. The van der Waals surface area contributed by atoms with Gasteiger partial charge in [0.2, 0.25) is 5.89 Å². The minimum Gasteiger partial charge on any atom is -0.338 e. The summed E-state index contributed by atoms with van der Waals surface area (Å²) in [4.78, 5) is 4.39. The summed E-state index contributed by atoms with van der Waals surface area (Å²) >= 11 is 1.91. The smallest absolute Gasteiger partial charge is 0.243 e. The van der Waals surface area contributed by atoms with Crippen molar-refractivity contribution in [1.29, 1.82) is 0 Å². The minimum absolute atomic E-state index is 0.0948. The van der Waals surface area contributed by atoms with E-state index in [-0.39, 0.29) is 6.04 Å². The molecule has 2 heterocycles. The number of hydrogen-bond acceptors (Lipinski definition) is 5. The van der Waals surface area contributed by atoms with Crippen LogP contribution in [0.15, 0.2) is 4.52 Å². The van der Waals surface area contributed by atoms with Gasteiger partial charge in [0.25, 0.3) is 0 Å². The average molecular weight is 227 g/mol. The Hall–Kier alpha value is -0.550. The van der Waals surface area contributed by atoms with Crippen molar-refractivity contribution < 1.29 is 4.52 Å². The fourth-order valence-corrected chi connectivity index (χ4v) is 2.94. The Balaban J connectivity index is 2.02. The van der Waals surface area contributed by atoms with E-state index in [0.717, 1.165) is 25.1 Å². The van der Waals surface area contributed by atoms with Crippen LogP contribution in [0.3, 0.4) is 0 Å². The minimum atomic E-state index is -0.0948. The molecule has 1 saturated heterocycles. The molecule has 1 aliphatic heterocycles. The quantitative estimate of drug-likeness (QED) is 0.855. The summed E-state index contributed by atoms with van der Waals surface area (Å²) < 4.78 is 5.19. The molecule has 0 spiro atoms. The van der Waals surface area contributed by atoms with Crippen LogP contribution in [0.5, 0.6) is 0 Å². The predicted octanol–water partition coefficient (Wildman–Crippen LogP) is 2.44. The Morgan fingerprint density at radius 2 is 2.53 bits per heavy atom. The Morgan fingerprint density at radius 3 is 3.20 bits per heavy atom. The number of nitrogens with zero attached hydrogens (tertiary/aromatic N) is 2. The molecule has 2 N–H and O–H groups in total. The molecule has 1 aliphatic rings. The largest absolute Gasteiger partial charge is 0.338 e. The average Bonchev–Trinajstić information content (AvgIpc) is 2.89. The summed E-state index contributed by atoms with van der Waals surface area (Å²) in [6.07, 6.45) is 4.35. The molecule has 0 aliphatic carbocycles. The lowest BCUT2D eigenvalue weighted by Gasteiger charge is -2.03. The highest BCUT2D eigenvalue weighted by molar-refractivity contribution is 7.99. The summed E-state index contributed by atoms with van der Waals surface area (Å²) in [5.74, 6) is 2.63. The van der Waals surface area contributed by atoms with Gasteiger partial charge in [0.05, 0.1) is 11.3 Å². The zero-order chi connectivity index (χ0) is 10.7. The molecule has 2 rings (SSSR count). The summed E-state index contributed by atoms with van der Waals surface area (Å²) in [7, 11) is 0. The van der Waals surface area contributed by atoms with Crippen LogP contribution in [0.2, 0.25) is 0 Å². The Morgan fingerprint density at radius 1 is 1.67 bits per heavy atom. The van der Waals surface area contributed by atoms with E-state index in [0.29, 0.717) is 11.1 Å². The zero-order valence-electron chi connectivity index (χ0n) is 8.98. The first kappa shape index (κ1) is 11.0. The van der Waals surface area contributed by atoms with E-state index >= 15 is 0 Å². The number of aromatic nitrogens is 2. The van der Waals surface area contributed by atoms with Gasteiger partial charge in [-0.1, -0.05) is 18.5 Å². The summed E-state index contributed by atoms with van der Waals surface area (Å²) in [6, 6.07) is -0.0948. The molecular weight excluding hydrogens is 210 g/mol. The molecule has 1 fully saturated rings. The molecule has 15 heavy (non-hydrogen) atoms. The number of thioether (sulfide) groups is 1. The van der Waals surface area contributed by atoms with Crippen molar-refractivity contribution in [3.63, 3.8) is 0 Å². The molecule has 84 valence electrons. The first-order valence-electron chi connectivity index (χ1n) is 5.52. The monoisotopic (exact) mass is 227 g/mol. The third-order valence-electron chi connectivity index (χ3n) is 2.59. The van der Waals surface area contributed by atoms with Crippen LogP contribution in [0, 0.1) is 0 Å². The molecule has 0 amide bonds. The third kappa shape index (κ3) is 2.52. The lowest BCUT2D eigenvalue weighted by Crippen LogP contribution is -2.10. The van der Waals surface area contributed by atoms with Gasteiger partial charge in [-0.3, -0.25) is 0 Å². The second-order valence-corrected chi connectivity index (χ2v) is 5.20. The molecule has 0 saturated carbocycles. The van der Waals surface area contributed by atoms with Gasteiger partial charge in [0.15, 0.2) is 5.82 Å². The van der Waals surface area contributed by atoms with Crippen LogP contribution in [0.25, 0.3) is 0 Å². The van der Waals surface area contributed by atoms with Gasteiger partial charge in [0, 0.05) is 0 Å². The first-order valence-corrected chi connectivity index (χ1v) is 6.56. The second-order valence-electron chi connectivity index (χ2n) is 3.89. The maximum absolute atomic E-state index is 5.91. The highest BCUT2D eigenvalue weighted by Crippen LogP contribution is 2.38. The van der Waals surface area contributed by atoms with Gasteiger partial charge in [-0.25, -0.2) is 0 Å². The van der Waals surface area contributed by atoms with E-state index in [4.69, 9.17) is 10.3 Å². The lowest BCUT2D eigenvalue weighted by atomic mass is 10.2. The first-order chi connectivity index (χ1) is 7.31. The standard InChI is InChI=1S/C10H17N3OS/c1-2-4-7(11)10-12-9(13-14-10)8-5-3-6-15-8/h7-8H,2-6,11H2,1H3/t7-,8?/m1/s1. The number of rotatable bonds is 4. The molecule has 0 radical (unpaired) electrons. The molecule has 2 atom stereocenters. The van der Waals surface area contributed by atoms with E-state index in [1.807, 2.05) is 11.8 Å². The normalized spacial score (nSPS) is 23.2. The molecule has 0 bridgehead atoms. The van der Waals surface area contributed by atoms with E-state index in [1.54, 1.807) is 0 Å². The van der Waals surface area contributed by atoms with E-state index in [9.17, 15) is 0 Å². The molecule has 1 unspecified atom stereocenters. The third-order valence-corrected chi connectivity index (χ3v) is 3.97.